The summed E-state index contributed by atoms with van der Waals surface area (Å²) in [6, 6.07) is 5.79. The Labute approximate surface area is 242 Å². The Morgan fingerprint density at radius 2 is 1.71 bits per heavy atom. The van der Waals surface area contributed by atoms with Gasteiger partial charge in [0.1, 0.15) is 17.4 Å². The zero-order chi connectivity index (χ0) is 29.5. The maximum atomic E-state index is 14.6. The first-order valence-electron chi connectivity index (χ1n) is 14.9. The number of fused-ring (bicyclic) bond motifs is 2. The van der Waals surface area contributed by atoms with Crippen molar-refractivity contribution in [3.8, 4) is 5.75 Å². The Balaban J connectivity index is 1.61. The highest BCUT2D eigenvalue weighted by Gasteiger charge is 2.75. The number of hydrogen-bond acceptors (Lipinski definition) is 6. The highest BCUT2D eigenvalue weighted by Crippen LogP contribution is 2.58. The van der Waals surface area contributed by atoms with Gasteiger partial charge in [-0.25, -0.2) is 0 Å². The summed E-state index contributed by atoms with van der Waals surface area (Å²) in [6.07, 6.45) is 9.33. The minimum Gasteiger partial charge on any atom is -0.494 e. The predicted octanol–water partition coefficient (Wildman–Crippen LogP) is 3.17. The molecule has 1 aromatic rings. The molecule has 2 fully saturated rings. The largest absolute Gasteiger partial charge is 0.494 e. The van der Waals surface area contributed by atoms with Crippen molar-refractivity contribution in [3.05, 3.63) is 48.6 Å². The Morgan fingerprint density at radius 1 is 1.00 bits per heavy atom. The number of anilines is 1. The molecule has 1 spiro atoms. The molecule has 2 saturated heterocycles. The zero-order valence-electron chi connectivity index (χ0n) is 24.8. The molecule has 0 saturated carbocycles. The molecule has 0 bridgehead atoms. The Hall–Kier alpha value is -3.17. The van der Waals surface area contributed by atoms with Crippen LogP contribution in [-0.4, -0.2) is 88.8 Å². The Bertz CT molecular complexity index is 1230. The number of carbonyl (C=O) groups is 3. The molecule has 0 aliphatic carbocycles. The van der Waals surface area contributed by atoms with Crippen LogP contribution in [0.1, 0.15) is 47.5 Å². The summed E-state index contributed by atoms with van der Waals surface area (Å²) in [6.45, 7) is 11.2. The van der Waals surface area contributed by atoms with Gasteiger partial charge in [-0.1, -0.05) is 51.5 Å². The predicted molar refractivity (Wildman–Crippen MR) is 155 cm³/mol. The number of aliphatic hydroxyl groups excluding tert-OH is 1. The van der Waals surface area contributed by atoms with Crippen LogP contribution in [0.2, 0.25) is 0 Å². The number of rotatable bonds is 9. The maximum Gasteiger partial charge on any atom is 0.249 e. The highest BCUT2D eigenvalue weighted by molar-refractivity contribution is 6.04. The van der Waals surface area contributed by atoms with Gasteiger partial charge in [0.25, 0.3) is 0 Å². The van der Waals surface area contributed by atoms with E-state index in [9.17, 15) is 19.5 Å². The smallest absolute Gasteiger partial charge is 0.249 e. The summed E-state index contributed by atoms with van der Waals surface area (Å²) < 4.78 is 12.5. The number of hydrogen-bond donors (Lipinski definition) is 1. The van der Waals surface area contributed by atoms with Gasteiger partial charge in [-0.05, 0) is 50.5 Å². The third kappa shape index (κ3) is 4.67. The summed E-state index contributed by atoms with van der Waals surface area (Å²) in [5.74, 6) is -1.92. The van der Waals surface area contributed by atoms with Crippen LogP contribution in [0.3, 0.4) is 0 Å². The lowest BCUT2D eigenvalue weighted by molar-refractivity contribution is -0.155. The standard InChI is InChI=1S/C32H43N3O6/c1-6-8-17-33-18-10-16-32-26(29(38)35(27(32)30(33)39)24(20-36)21(3)4)25-28(37)34(19-9-15-31(25,5)41-32)22-11-13-23(14-12-22)40-7-2/h9-16,21,24-27,36H,6-8,17-20H2,1-5H3/t24-,25+,26-,27?,31-,32-/m0/s1. The zero-order valence-corrected chi connectivity index (χ0v) is 24.8. The third-order valence-corrected chi connectivity index (χ3v) is 9.13. The quantitative estimate of drug-likeness (QED) is 0.462. The first kappa shape index (κ1) is 29.3. The number of benzene rings is 1. The lowest BCUT2D eigenvalue weighted by atomic mass is 9.74. The number of amides is 3. The van der Waals surface area contributed by atoms with E-state index in [4.69, 9.17) is 9.47 Å². The van der Waals surface area contributed by atoms with Gasteiger partial charge in [-0.15, -0.1) is 0 Å². The van der Waals surface area contributed by atoms with Gasteiger partial charge in [0.05, 0.1) is 36.7 Å². The van der Waals surface area contributed by atoms with Crippen molar-refractivity contribution < 1.29 is 29.0 Å². The molecule has 6 atom stereocenters. The minimum absolute atomic E-state index is 0.111. The first-order chi connectivity index (χ1) is 19.6. The van der Waals surface area contributed by atoms with Crippen LogP contribution in [0.5, 0.6) is 5.75 Å². The topological polar surface area (TPSA) is 99.6 Å². The average Bonchev–Trinajstić information content (AvgIpc) is 3.21. The second-order valence-corrected chi connectivity index (χ2v) is 12.1. The Morgan fingerprint density at radius 3 is 2.34 bits per heavy atom. The lowest BCUT2D eigenvalue weighted by Gasteiger charge is -2.41. The summed E-state index contributed by atoms with van der Waals surface area (Å²) in [7, 11) is 0. The van der Waals surface area contributed by atoms with Crippen LogP contribution >= 0.6 is 0 Å². The maximum absolute atomic E-state index is 14.6. The molecule has 41 heavy (non-hydrogen) atoms. The summed E-state index contributed by atoms with van der Waals surface area (Å²) in [4.78, 5) is 48.4. The van der Waals surface area contributed by atoms with Crippen molar-refractivity contribution >= 4 is 23.4 Å². The van der Waals surface area contributed by atoms with Crippen LogP contribution in [0.4, 0.5) is 5.69 Å². The van der Waals surface area contributed by atoms with Crippen LogP contribution in [-0.2, 0) is 19.1 Å². The first-order valence-corrected chi connectivity index (χ1v) is 14.9. The van der Waals surface area contributed by atoms with E-state index < -0.39 is 35.1 Å². The summed E-state index contributed by atoms with van der Waals surface area (Å²) in [5.41, 5.74) is -1.74. The molecular formula is C32H43N3O6. The fourth-order valence-corrected chi connectivity index (χ4v) is 7.16. The molecule has 4 aliphatic heterocycles. The molecule has 9 nitrogen and oxygen atoms in total. The van der Waals surface area contributed by atoms with E-state index in [1.54, 1.807) is 14.7 Å². The van der Waals surface area contributed by atoms with Crippen molar-refractivity contribution in [2.24, 2.45) is 17.8 Å². The van der Waals surface area contributed by atoms with Gasteiger partial charge < -0.3 is 29.3 Å². The van der Waals surface area contributed by atoms with E-state index >= 15 is 0 Å². The van der Waals surface area contributed by atoms with E-state index in [0.29, 0.717) is 37.7 Å². The van der Waals surface area contributed by atoms with E-state index in [1.807, 2.05) is 76.3 Å². The molecule has 1 N–H and O–H groups in total. The van der Waals surface area contributed by atoms with Gasteiger partial charge in [0, 0.05) is 25.3 Å². The SMILES string of the molecule is CCCCN1CC=C[C@]23O[C@@]4(C)C=CCN(c5ccc(OCC)cc5)C(=O)[C@H]4[C@H]2C(=O)N([C@@H](CO)C(C)C)C3C1=O. The molecule has 4 heterocycles. The number of ether oxygens (including phenoxy) is 2. The van der Waals surface area contributed by atoms with Crippen molar-refractivity contribution in [1.82, 2.24) is 9.80 Å². The fourth-order valence-electron chi connectivity index (χ4n) is 7.16. The fraction of sp³-hybridized carbons (Fsp3) is 0.594. The molecule has 1 unspecified atom stereocenters. The second kappa shape index (κ2) is 11.2. The summed E-state index contributed by atoms with van der Waals surface area (Å²) >= 11 is 0. The molecule has 0 aromatic heterocycles. The van der Waals surface area contributed by atoms with Crippen LogP contribution in [0.15, 0.2) is 48.6 Å². The van der Waals surface area contributed by atoms with Crippen molar-refractivity contribution in [2.75, 3.05) is 37.7 Å². The average molecular weight is 566 g/mol. The van der Waals surface area contributed by atoms with Crippen LogP contribution in [0.25, 0.3) is 0 Å². The molecule has 5 rings (SSSR count). The number of unbranched alkanes of at least 4 members (excludes halogenated alkanes) is 1. The molecule has 4 aliphatic rings. The number of carbonyl (C=O) groups excluding carboxylic acids is 3. The van der Waals surface area contributed by atoms with Crippen LogP contribution in [0, 0.1) is 17.8 Å². The molecule has 0 radical (unpaired) electrons. The number of likely N-dealkylation sites (tertiary alicyclic amines) is 1. The van der Waals surface area contributed by atoms with E-state index in [0.717, 1.165) is 12.8 Å². The molecule has 222 valence electrons. The van der Waals surface area contributed by atoms with Gasteiger partial charge in [-0.3, -0.25) is 14.4 Å². The van der Waals surface area contributed by atoms with Crippen molar-refractivity contribution in [2.45, 2.75) is 70.7 Å². The minimum atomic E-state index is -1.33. The summed E-state index contributed by atoms with van der Waals surface area (Å²) in [5, 5.41) is 10.4. The van der Waals surface area contributed by atoms with Gasteiger partial charge >= 0.3 is 0 Å². The number of aliphatic hydroxyl groups is 1. The van der Waals surface area contributed by atoms with Gasteiger partial charge in [0.2, 0.25) is 17.7 Å². The lowest BCUT2D eigenvalue weighted by Crippen LogP contribution is -2.59. The Kier molecular flexibility index (Phi) is 8.05. The van der Waals surface area contributed by atoms with Crippen molar-refractivity contribution in [1.29, 1.82) is 0 Å². The van der Waals surface area contributed by atoms with Gasteiger partial charge in [-0.2, -0.15) is 0 Å². The van der Waals surface area contributed by atoms with E-state index in [1.165, 1.54) is 0 Å². The van der Waals surface area contributed by atoms with Crippen LogP contribution < -0.4 is 9.64 Å². The molecule has 3 amide bonds. The second-order valence-electron chi connectivity index (χ2n) is 12.1. The van der Waals surface area contributed by atoms with E-state index in [2.05, 4.69) is 6.92 Å². The third-order valence-electron chi connectivity index (χ3n) is 9.13. The molecular weight excluding hydrogens is 522 g/mol. The monoisotopic (exact) mass is 565 g/mol. The van der Waals surface area contributed by atoms with Gasteiger partial charge in [0.15, 0.2) is 0 Å². The highest BCUT2D eigenvalue weighted by atomic mass is 16.5. The normalized spacial score (nSPS) is 31.7. The van der Waals surface area contributed by atoms with E-state index in [-0.39, 0.29) is 30.2 Å². The van der Waals surface area contributed by atoms with Crippen molar-refractivity contribution in [3.63, 3.8) is 0 Å². The molecule has 1 aromatic carbocycles. The number of nitrogens with zero attached hydrogens (tertiary/aromatic N) is 3. The molecule has 9 heteroatoms.